The van der Waals surface area contributed by atoms with E-state index in [-0.39, 0.29) is 18.7 Å². The monoisotopic (exact) mass is 294 g/mol. The molecule has 0 aliphatic carbocycles. The van der Waals surface area contributed by atoms with E-state index in [0.29, 0.717) is 5.56 Å². The van der Waals surface area contributed by atoms with Crippen molar-refractivity contribution >= 4 is 0 Å². The SMILES string of the molecule is CC(NC(CCCO)c1ccccc1)c1ccc(C#N)cc1. The first-order valence-electron chi connectivity index (χ1n) is 7.66. The number of nitrogens with one attached hydrogen (secondary N) is 1. The van der Waals surface area contributed by atoms with Crippen molar-refractivity contribution in [3.8, 4) is 6.07 Å². The summed E-state index contributed by atoms with van der Waals surface area (Å²) in [4.78, 5) is 0. The number of hydrogen-bond donors (Lipinski definition) is 2. The van der Waals surface area contributed by atoms with Gasteiger partial charge in [-0.15, -0.1) is 0 Å². The molecule has 22 heavy (non-hydrogen) atoms. The zero-order valence-electron chi connectivity index (χ0n) is 12.9. The van der Waals surface area contributed by atoms with Crippen molar-refractivity contribution < 1.29 is 5.11 Å². The second-order valence-electron chi connectivity index (χ2n) is 5.45. The van der Waals surface area contributed by atoms with E-state index in [4.69, 9.17) is 10.4 Å². The van der Waals surface area contributed by atoms with Crippen molar-refractivity contribution in [2.45, 2.75) is 31.8 Å². The second-order valence-corrected chi connectivity index (χ2v) is 5.45. The fourth-order valence-electron chi connectivity index (χ4n) is 2.57. The molecule has 0 spiro atoms. The molecule has 0 aromatic heterocycles. The summed E-state index contributed by atoms with van der Waals surface area (Å²) in [5.74, 6) is 0. The molecule has 2 atom stereocenters. The highest BCUT2D eigenvalue weighted by atomic mass is 16.2. The third-order valence-electron chi connectivity index (χ3n) is 3.84. The van der Waals surface area contributed by atoms with Crippen molar-refractivity contribution in [2.75, 3.05) is 6.61 Å². The van der Waals surface area contributed by atoms with Gasteiger partial charge < -0.3 is 10.4 Å². The van der Waals surface area contributed by atoms with Gasteiger partial charge >= 0.3 is 0 Å². The molecule has 3 nitrogen and oxygen atoms in total. The summed E-state index contributed by atoms with van der Waals surface area (Å²) in [6, 6.07) is 20.5. The summed E-state index contributed by atoms with van der Waals surface area (Å²) < 4.78 is 0. The van der Waals surface area contributed by atoms with Gasteiger partial charge in [-0.3, -0.25) is 0 Å². The Balaban J connectivity index is 2.10. The van der Waals surface area contributed by atoms with Gasteiger partial charge in [-0.05, 0) is 43.0 Å². The molecule has 3 heteroatoms. The average Bonchev–Trinajstić information content (AvgIpc) is 2.59. The molecule has 0 saturated carbocycles. The van der Waals surface area contributed by atoms with Crippen LogP contribution in [0.2, 0.25) is 0 Å². The maximum atomic E-state index is 9.11. The topological polar surface area (TPSA) is 56.0 Å². The van der Waals surface area contributed by atoms with Gasteiger partial charge in [0.1, 0.15) is 0 Å². The van der Waals surface area contributed by atoms with E-state index in [1.165, 1.54) is 5.56 Å². The van der Waals surface area contributed by atoms with Gasteiger partial charge in [-0.25, -0.2) is 0 Å². The van der Waals surface area contributed by atoms with E-state index in [1.807, 2.05) is 42.5 Å². The molecular formula is C19H22N2O. The van der Waals surface area contributed by atoms with E-state index < -0.39 is 0 Å². The third-order valence-corrected chi connectivity index (χ3v) is 3.84. The molecule has 2 N–H and O–H groups in total. The number of aliphatic hydroxyl groups excluding tert-OH is 1. The van der Waals surface area contributed by atoms with Crippen LogP contribution in [0.1, 0.15) is 48.5 Å². The Kier molecular flexibility index (Phi) is 6.14. The molecule has 2 aromatic rings. The van der Waals surface area contributed by atoms with Gasteiger partial charge in [0, 0.05) is 18.7 Å². The lowest BCUT2D eigenvalue weighted by atomic mass is 9.99. The maximum absolute atomic E-state index is 9.11. The minimum atomic E-state index is 0.177. The Morgan fingerprint density at radius 1 is 1.05 bits per heavy atom. The van der Waals surface area contributed by atoms with Gasteiger partial charge in [0.2, 0.25) is 0 Å². The van der Waals surface area contributed by atoms with E-state index in [0.717, 1.165) is 18.4 Å². The van der Waals surface area contributed by atoms with Crippen LogP contribution in [-0.2, 0) is 0 Å². The van der Waals surface area contributed by atoms with Gasteiger partial charge in [-0.2, -0.15) is 5.26 Å². The van der Waals surface area contributed by atoms with Gasteiger partial charge in [0.15, 0.2) is 0 Å². The molecule has 0 radical (unpaired) electrons. The molecule has 114 valence electrons. The number of benzene rings is 2. The van der Waals surface area contributed by atoms with Crippen LogP contribution in [0, 0.1) is 11.3 Å². The Labute approximate surface area is 132 Å². The third kappa shape index (κ3) is 4.42. The first-order valence-corrected chi connectivity index (χ1v) is 7.66. The highest BCUT2D eigenvalue weighted by molar-refractivity contribution is 5.33. The van der Waals surface area contributed by atoms with Crippen LogP contribution in [0.5, 0.6) is 0 Å². The molecule has 0 heterocycles. The van der Waals surface area contributed by atoms with Gasteiger partial charge in [0.25, 0.3) is 0 Å². The number of nitrogens with zero attached hydrogens (tertiary/aromatic N) is 1. The smallest absolute Gasteiger partial charge is 0.0991 e. The summed E-state index contributed by atoms with van der Waals surface area (Å²) in [5, 5.41) is 21.6. The molecule has 2 unspecified atom stereocenters. The standard InChI is InChI=1S/C19H22N2O/c1-15(17-11-9-16(14-20)10-12-17)21-19(8-5-13-22)18-6-3-2-4-7-18/h2-4,6-7,9-12,15,19,21-22H,5,8,13H2,1H3. The predicted molar refractivity (Wildman–Crippen MR) is 88.2 cm³/mol. The molecule has 0 bridgehead atoms. The van der Waals surface area contributed by atoms with Crippen LogP contribution in [0.3, 0.4) is 0 Å². The molecule has 0 saturated heterocycles. The molecule has 0 fully saturated rings. The summed E-state index contributed by atoms with van der Waals surface area (Å²) in [7, 11) is 0. The number of nitriles is 1. The van der Waals surface area contributed by atoms with Crippen LogP contribution < -0.4 is 5.32 Å². The fourth-order valence-corrected chi connectivity index (χ4v) is 2.57. The maximum Gasteiger partial charge on any atom is 0.0991 e. The number of hydrogen-bond acceptors (Lipinski definition) is 3. The van der Waals surface area contributed by atoms with Crippen molar-refractivity contribution in [1.82, 2.24) is 5.32 Å². The summed E-state index contributed by atoms with van der Waals surface area (Å²) >= 11 is 0. The summed E-state index contributed by atoms with van der Waals surface area (Å²) in [6.45, 7) is 2.33. The van der Waals surface area contributed by atoms with Crippen LogP contribution in [0.15, 0.2) is 54.6 Å². The number of aliphatic hydroxyl groups is 1. The van der Waals surface area contributed by atoms with E-state index in [2.05, 4.69) is 30.4 Å². The minimum absolute atomic E-state index is 0.177. The van der Waals surface area contributed by atoms with E-state index >= 15 is 0 Å². The van der Waals surface area contributed by atoms with Crippen LogP contribution in [0.25, 0.3) is 0 Å². The number of rotatable bonds is 7. The molecular weight excluding hydrogens is 272 g/mol. The lowest BCUT2D eigenvalue weighted by Crippen LogP contribution is -2.25. The molecule has 0 aliphatic heterocycles. The van der Waals surface area contributed by atoms with Crippen molar-refractivity contribution in [2.24, 2.45) is 0 Å². The Bertz CT molecular complexity index is 602. The normalized spacial score (nSPS) is 13.3. The zero-order chi connectivity index (χ0) is 15.8. The van der Waals surface area contributed by atoms with Crippen LogP contribution >= 0.6 is 0 Å². The summed E-state index contributed by atoms with van der Waals surface area (Å²) in [5.41, 5.74) is 3.07. The zero-order valence-corrected chi connectivity index (χ0v) is 12.9. The lowest BCUT2D eigenvalue weighted by molar-refractivity contribution is 0.272. The average molecular weight is 294 g/mol. The lowest BCUT2D eigenvalue weighted by Gasteiger charge is -2.24. The Morgan fingerprint density at radius 3 is 2.32 bits per heavy atom. The first kappa shape index (κ1) is 16.2. The minimum Gasteiger partial charge on any atom is -0.396 e. The highest BCUT2D eigenvalue weighted by Gasteiger charge is 2.15. The quantitative estimate of drug-likeness (QED) is 0.818. The van der Waals surface area contributed by atoms with Crippen molar-refractivity contribution in [3.05, 3.63) is 71.3 Å². The van der Waals surface area contributed by atoms with Crippen molar-refractivity contribution in [1.29, 1.82) is 5.26 Å². The van der Waals surface area contributed by atoms with Crippen LogP contribution in [0.4, 0.5) is 0 Å². The Morgan fingerprint density at radius 2 is 1.73 bits per heavy atom. The fraction of sp³-hybridized carbons (Fsp3) is 0.316. The van der Waals surface area contributed by atoms with E-state index in [9.17, 15) is 0 Å². The van der Waals surface area contributed by atoms with Gasteiger partial charge in [0.05, 0.1) is 11.6 Å². The highest BCUT2D eigenvalue weighted by Crippen LogP contribution is 2.23. The van der Waals surface area contributed by atoms with E-state index in [1.54, 1.807) is 0 Å². The molecule has 0 amide bonds. The van der Waals surface area contributed by atoms with Crippen LogP contribution in [-0.4, -0.2) is 11.7 Å². The molecule has 2 aromatic carbocycles. The second kappa shape index (κ2) is 8.33. The van der Waals surface area contributed by atoms with Crippen molar-refractivity contribution in [3.63, 3.8) is 0 Å². The summed E-state index contributed by atoms with van der Waals surface area (Å²) in [6.07, 6.45) is 1.66. The largest absolute Gasteiger partial charge is 0.396 e. The molecule has 2 rings (SSSR count). The first-order chi connectivity index (χ1) is 10.7. The molecule has 0 aliphatic rings. The van der Waals surface area contributed by atoms with Gasteiger partial charge in [-0.1, -0.05) is 42.5 Å². The Hall–Kier alpha value is -2.15. The predicted octanol–water partition coefficient (Wildman–Crippen LogP) is 3.72.